The van der Waals surface area contributed by atoms with Gasteiger partial charge in [-0.05, 0) is 0 Å². The summed E-state index contributed by atoms with van der Waals surface area (Å²) in [6, 6.07) is 0. The van der Waals surface area contributed by atoms with Gasteiger partial charge in [0.2, 0.25) is 0 Å². The SMILES string of the molecule is C=C(C)C(=O)SC[CH2][Rf]. The topological polar surface area (TPSA) is 17.1 Å². The molecule has 0 N–H and O–H groups in total. The number of hydrogen-bond donors (Lipinski definition) is 0. The van der Waals surface area contributed by atoms with Crippen molar-refractivity contribution in [1.82, 2.24) is 0 Å². The van der Waals surface area contributed by atoms with Gasteiger partial charge in [-0.15, -0.1) is 0 Å². The van der Waals surface area contributed by atoms with Crippen LogP contribution in [0.1, 0.15) is 6.92 Å². The second-order valence-corrected chi connectivity index (χ2v) is 6.04. The molecule has 47 valence electrons. The van der Waals surface area contributed by atoms with Crippen LogP contribution in [0.4, 0.5) is 0 Å². The van der Waals surface area contributed by atoms with Gasteiger partial charge in [-0.2, -0.15) is 0 Å². The molecule has 0 amide bonds. The van der Waals surface area contributed by atoms with Crippen molar-refractivity contribution < 1.29 is 4.79 Å². The van der Waals surface area contributed by atoms with E-state index in [0.717, 1.165) is 5.75 Å². The average Bonchev–Trinajstić information content (AvgIpc) is 1.82. The molecular formula is C6H9ORfS. The molecular weight excluding hydrogens is 387 g/mol. The van der Waals surface area contributed by atoms with Gasteiger partial charge in [0.25, 0.3) is 0 Å². The summed E-state index contributed by atoms with van der Waals surface area (Å²) in [6.07, 6.45) is 0. The van der Waals surface area contributed by atoms with Crippen molar-refractivity contribution in [3.8, 4) is 0 Å². The molecule has 3 heteroatoms. The van der Waals surface area contributed by atoms with E-state index >= 15 is 0 Å². The summed E-state index contributed by atoms with van der Waals surface area (Å²) in [5.41, 5.74) is 0.670. The van der Waals surface area contributed by atoms with Crippen LogP contribution in [0.3, 0.4) is 0 Å². The Morgan fingerprint density at radius 1 is 1.78 bits per heavy atom. The summed E-state index contributed by atoms with van der Waals surface area (Å²) in [5.74, 6) is 1.00. The van der Waals surface area contributed by atoms with E-state index in [4.69, 9.17) is 0 Å². The van der Waals surface area contributed by atoms with Gasteiger partial charge in [0, 0.05) is 0 Å². The predicted octanol–water partition coefficient (Wildman–Crippen LogP) is 1.79. The van der Waals surface area contributed by atoms with Crippen LogP contribution >= 0.6 is 11.8 Å². The Morgan fingerprint density at radius 2 is 2.33 bits per heavy atom. The molecule has 9 heavy (non-hydrogen) atoms. The molecule has 0 fully saturated rings. The van der Waals surface area contributed by atoms with Gasteiger partial charge in [-0.1, -0.05) is 0 Å². The Morgan fingerprint density at radius 3 is 2.67 bits per heavy atom. The molecule has 0 aliphatic heterocycles. The maximum absolute atomic E-state index is 10.8. The van der Waals surface area contributed by atoms with E-state index in [0.29, 0.717) is 5.57 Å². The fourth-order valence-corrected chi connectivity index (χ4v) is 2.82. The molecule has 0 aromatic carbocycles. The molecule has 0 aliphatic carbocycles. The second-order valence-electron chi connectivity index (χ2n) is 1.77. The first kappa shape index (κ1) is 7.76. The third-order valence-corrected chi connectivity index (χ3v) is 5.75. The first-order valence-corrected chi connectivity index (χ1v) is 8.31. The molecule has 0 spiro atoms. The van der Waals surface area contributed by atoms with E-state index in [9.17, 15) is 4.79 Å². The van der Waals surface area contributed by atoms with Crippen LogP contribution in [0.15, 0.2) is 12.2 Å². The Labute approximate surface area is 54.2 Å². The van der Waals surface area contributed by atoms with Crippen LogP contribution in [-0.2, 0) is 4.79 Å². The number of carbonyl (C=O) groups excluding carboxylic acids is 1. The summed E-state index contributed by atoms with van der Waals surface area (Å²) < 4.78 is 0.749. The Balaban J connectivity index is 3.39. The second kappa shape index (κ2) is 3.72. The molecule has 0 radical (unpaired) electrons. The quantitative estimate of drug-likeness (QED) is 0.677. The fourth-order valence-electron chi connectivity index (χ4n) is 0.288. The van der Waals surface area contributed by atoms with Crippen LogP contribution in [-0.4, -0.2) is 10.9 Å². The summed E-state index contributed by atoms with van der Waals surface area (Å²) >= 11 is 1.40. The predicted molar refractivity (Wildman–Crippen MR) is 37.1 cm³/mol. The van der Waals surface area contributed by atoms with Crippen molar-refractivity contribution in [1.29, 1.82) is 0 Å². The number of carbonyl (C=O) groups is 1. The first-order valence-electron chi connectivity index (χ1n) is 2.80. The molecule has 0 aromatic rings. The summed E-state index contributed by atoms with van der Waals surface area (Å²) in [4.78, 5) is 10.8. The zero-order chi connectivity index (χ0) is 7.28. The van der Waals surface area contributed by atoms with Crippen LogP contribution in [0.2, 0.25) is 6.92 Å². The number of hydrogen-bond acceptors (Lipinski definition) is 2. The van der Waals surface area contributed by atoms with E-state index in [1.165, 1.54) is 18.7 Å². The van der Waals surface area contributed by atoms with Crippen molar-refractivity contribution >= 4 is 16.9 Å². The molecule has 0 aromatic heterocycles. The Bertz CT molecular complexity index is 122. The molecule has 0 atom stereocenters. The molecule has 0 aliphatic rings. The van der Waals surface area contributed by atoms with Gasteiger partial charge in [0.05, 0.1) is 0 Å². The van der Waals surface area contributed by atoms with E-state index < -0.39 is 0 Å². The molecule has 0 heterocycles. The number of rotatable bonds is 3. The minimum absolute atomic E-state index is 0.156. The van der Waals surface area contributed by atoms with Gasteiger partial charge >= 0.3 is 53.4 Å². The first-order chi connectivity index (χ1) is 4.18. The monoisotopic (exact) mass is 396 g/mol. The van der Waals surface area contributed by atoms with Crippen molar-refractivity contribution in [2.45, 2.75) is 13.8 Å². The Hall–Kier alpha value is -1.24. The molecule has 1 nitrogen and oxygen atoms in total. The molecule has 0 rings (SSSR count). The third-order valence-electron chi connectivity index (χ3n) is 0.726. The van der Waals surface area contributed by atoms with Gasteiger partial charge in [-0.3, -0.25) is 0 Å². The van der Waals surface area contributed by atoms with Crippen molar-refractivity contribution in [2.24, 2.45) is 0 Å². The summed E-state index contributed by atoms with van der Waals surface area (Å²) in [5, 5.41) is 0.156. The van der Waals surface area contributed by atoms with Crippen molar-refractivity contribution in [2.75, 3.05) is 5.75 Å². The van der Waals surface area contributed by atoms with Gasteiger partial charge in [-0.25, -0.2) is 0 Å². The number of thioether (sulfide) groups is 1. The van der Waals surface area contributed by atoms with Gasteiger partial charge < -0.3 is 0 Å². The van der Waals surface area contributed by atoms with Crippen LogP contribution in [0, 0.1) is 0 Å². The van der Waals surface area contributed by atoms with Crippen LogP contribution in [0.25, 0.3) is 0 Å². The standard InChI is InChI=1S/C6H9OS.Rf/c1-4-8-6(7)5(2)3;/h1-2,4H2,3H3;. The Kier molecular flexibility index (Phi) is 3.21. The van der Waals surface area contributed by atoms with Crippen molar-refractivity contribution in [3.63, 3.8) is 0 Å². The van der Waals surface area contributed by atoms with E-state index in [1.807, 2.05) is 0 Å². The van der Waals surface area contributed by atoms with E-state index in [-0.39, 0.29) is 5.12 Å². The van der Waals surface area contributed by atoms with Gasteiger partial charge in [0.1, 0.15) is 0 Å². The zero-order valence-electron chi connectivity index (χ0n) is 5.64. The minimum atomic E-state index is 0.156. The third kappa shape index (κ3) is 3.35. The molecule has 0 saturated heterocycles. The van der Waals surface area contributed by atoms with E-state index in [1.54, 1.807) is 6.92 Å². The maximum atomic E-state index is 10.8. The molecule has 0 saturated carbocycles. The average molecular weight is 396 g/mol. The normalized spacial score (nSPS) is 9.22. The molecule has 0 bridgehead atoms. The van der Waals surface area contributed by atoms with Crippen LogP contribution in [0.5, 0.6) is 0 Å². The van der Waals surface area contributed by atoms with Crippen molar-refractivity contribution in [3.05, 3.63) is 12.2 Å². The van der Waals surface area contributed by atoms with E-state index in [2.05, 4.69) is 6.58 Å². The fraction of sp³-hybridized carbons (Fsp3) is 0.500. The van der Waals surface area contributed by atoms with Crippen LogP contribution < -0.4 is 0 Å². The van der Waals surface area contributed by atoms with Gasteiger partial charge in [0.15, 0.2) is 0 Å². The molecule has 0 unspecified atom stereocenters. The zero-order valence-corrected chi connectivity index (χ0v) is 12.9. The summed E-state index contributed by atoms with van der Waals surface area (Å²) in [7, 11) is 0. The summed E-state index contributed by atoms with van der Waals surface area (Å²) in [6.45, 7) is 6.57.